The largest absolute Gasteiger partial charge is 0.390 e. The molecule has 9 heteroatoms. The highest BCUT2D eigenvalue weighted by Crippen LogP contribution is 2.75. The summed E-state index contributed by atoms with van der Waals surface area (Å²) in [6, 6.07) is 0. The van der Waals surface area contributed by atoms with Gasteiger partial charge in [-0.3, -0.25) is 9.13 Å². The molecule has 0 saturated carbocycles. The third kappa shape index (κ3) is 3.20. The molecule has 0 aromatic carbocycles. The summed E-state index contributed by atoms with van der Waals surface area (Å²) in [6.45, 7) is 6.15. The Kier molecular flexibility index (Phi) is 6.66. The van der Waals surface area contributed by atoms with Gasteiger partial charge in [0.2, 0.25) is 0 Å². The lowest BCUT2D eigenvalue weighted by Crippen LogP contribution is -2.50. The molecule has 0 aromatic heterocycles. The van der Waals surface area contributed by atoms with E-state index in [4.69, 9.17) is 0 Å². The second-order valence-electron chi connectivity index (χ2n) is 5.09. The monoisotopic (exact) mass is 332 g/mol. The summed E-state index contributed by atoms with van der Waals surface area (Å²) in [6.07, 6.45) is -0.0435. The van der Waals surface area contributed by atoms with Crippen LogP contribution in [0, 0.1) is 5.92 Å². The third-order valence-electron chi connectivity index (χ3n) is 4.37. The highest BCUT2D eigenvalue weighted by Gasteiger charge is 2.66. The van der Waals surface area contributed by atoms with Crippen molar-refractivity contribution in [2.45, 2.75) is 63.9 Å². The Hall–Kier alpha value is 0.260. The Morgan fingerprint density at radius 1 is 0.850 bits per heavy atom. The van der Waals surface area contributed by atoms with E-state index in [2.05, 4.69) is 0 Å². The van der Waals surface area contributed by atoms with Crippen molar-refractivity contribution in [3.05, 3.63) is 0 Å². The van der Waals surface area contributed by atoms with Gasteiger partial charge in [0.15, 0.2) is 4.90 Å². The van der Waals surface area contributed by atoms with Crippen LogP contribution in [0.5, 0.6) is 0 Å². The van der Waals surface area contributed by atoms with Crippen molar-refractivity contribution in [1.82, 2.24) is 0 Å². The molecule has 0 aliphatic carbocycles. The normalized spacial score (nSPS) is 16.2. The molecule has 0 heterocycles. The zero-order valence-corrected chi connectivity index (χ0v) is 14.1. The van der Waals surface area contributed by atoms with E-state index in [1.807, 2.05) is 0 Å². The van der Waals surface area contributed by atoms with E-state index in [0.717, 1.165) is 0 Å². The van der Waals surface area contributed by atoms with Crippen LogP contribution in [0.15, 0.2) is 0 Å². The molecular weight excluding hydrogens is 306 g/mol. The van der Waals surface area contributed by atoms with Crippen LogP contribution in [0.4, 0.5) is 0 Å². The van der Waals surface area contributed by atoms with Gasteiger partial charge in [-0.05, 0) is 25.7 Å². The van der Waals surface area contributed by atoms with Gasteiger partial charge in [-0.1, -0.05) is 27.7 Å². The highest BCUT2D eigenvalue weighted by molar-refractivity contribution is 7.72. The van der Waals surface area contributed by atoms with E-state index < -0.39 is 38.0 Å². The standard InChI is InChI=1S/C11H26O7P2/c1-5-9(10(12,6-2)7-3)11(8-4,19(13,14)15)20(16,17)18/h9,12H,5-8H2,1-4H3,(H2,13,14,15)(H2,16,17,18)/t9-/m1/s1. The quantitative estimate of drug-likeness (QED) is 0.429. The number of hydrogen-bond acceptors (Lipinski definition) is 3. The summed E-state index contributed by atoms with van der Waals surface area (Å²) in [5, 5.41) is 10.6. The van der Waals surface area contributed by atoms with Gasteiger partial charge in [0.25, 0.3) is 0 Å². The fraction of sp³-hybridized carbons (Fsp3) is 1.00. The molecule has 0 aromatic rings. The van der Waals surface area contributed by atoms with E-state index in [1.165, 1.54) is 6.92 Å². The van der Waals surface area contributed by atoms with E-state index in [0.29, 0.717) is 0 Å². The van der Waals surface area contributed by atoms with Crippen LogP contribution in [0.2, 0.25) is 0 Å². The Labute approximate surface area is 119 Å². The summed E-state index contributed by atoms with van der Waals surface area (Å²) in [5.74, 6) is -1.20. The molecule has 0 fully saturated rings. The molecule has 1 atom stereocenters. The van der Waals surface area contributed by atoms with E-state index >= 15 is 0 Å². The van der Waals surface area contributed by atoms with Crippen LogP contribution in [0.25, 0.3) is 0 Å². The van der Waals surface area contributed by atoms with Gasteiger partial charge in [0.05, 0.1) is 5.60 Å². The average molecular weight is 332 g/mol. The van der Waals surface area contributed by atoms with Crippen LogP contribution in [-0.4, -0.2) is 35.2 Å². The maximum Gasteiger partial charge on any atom is 0.344 e. The Morgan fingerprint density at radius 3 is 1.35 bits per heavy atom. The van der Waals surface area contributed by atoms with Gasteiger partial charge in [-0.25, -0.2) is 0 Å². The van der Waals surface area contributed by atoms with Crippen molar-refractivity contribution in [1.29, 1.82) is 0 Å². The van der Waals surface area contributed by atoms with Crippen LogP contribution >= 0.6 is 15.2 Å². The van der Waals surface area contributed by atoms with Crippen LogP contribution in [0.1, 0.15) is 53.4 Å². The summed E-state index contributed by atoms with van der Waals surface area (Å²) in [4.78, 5) is 36.0. The number of hydrogen-bond donors (Lipinski definition) is 5. The lowest BCUT2D eigenvalue weighted by Gasteiger charge is -2.47. The Balaban J connectivity index is 6.39. The molecule has 0 rings (SSSR count). The molecule has 0 aliphatic heterocycles. The zero-order chi connectivity index (χ0) is 16.4. The molecule has 0 spiro atoms. The minimum Gasteiger partial charge on any atom is -0.390 e. The number of rotatable bonds is 8. The van der Waals surface area contributed by atoms with Gasteiger partial charge in [0, 0.05) is 5.92 Å². The first-order valence-corrected chi connectivity index (χ1v) is 9.94. The first-order chi connectivity index (χ1) is 8.87. The fourth-order valence-electron chi connectivity index (χ4n) is 3.11. The average Bonchev–Trinajstić information content (AvgIpc) is 2.31. The predicted octanol–water partition coefficient (Wildman–Crippen LogP) is 2.03. The third-order valence-corrected chi connectivity index (χ3v) is 9.21. The Morgan fingerprint density at radius 2 is 1.20 bits per heavy atom. The van der Waals surface area contributed by atoms with Gasteiger partial charge >= 0.3 is 15.2 Å². The second kappa shape index (κ2) is 6.57. The van der Waals surface area contributed by atoms with Crippen molar-refractivity contribution in [3.63, 3.8) is 0 Å². The topological polar surface area (TPSA) is 135 Å². The van der Waals surface area contributed by atoms with Gasteiger partial charge in [-0.15, -0.1) is 0 Å². The van der Waals surface area contributed by atoms with Crippen molar-refractivity contribution >= 4 is 15.2 Å². The molecule has 0 radical (unpaired) electrons. The lowest BCUT2D eigenvalue weighted by molar-refractivity contribution is -0.0404. The maximum atomic E-state index is 11.9. The van der Waals surface area contributed by atoms with Crippen molar-refractivity contribution in [3.8, 4) is 0 Å². The summed E-state index contributed by atoms with van der Waals surface area (Å²) in [7, 11) is -10.3. The SMILES string of the molecule is CC[C@H](C(O)(CC)CC)C(CC)(P(=O)(O)O)P(=O)(O)O. The molecule has 0 unspecified atom stereocenters. The maximum absolute atomic E-state index is 11.9. The molecule has 0 bridgehead atoms. The second-order valence-corrected chi connectivity index (χ2v) is 9.22. The molecule has 0 amide bonds. The summed E-state index contributed by atoms with van der Waals surface area (Å²) >= 11 is 0. The van der Waals surface area contributed by atoms with Crippen LogP contribution in [0.3, 0.4) is 0 Å². The zero-order valence-electron chi connectivity index (χ0n) is 12.4. The molecule has 7 nitrogen and oxygen atoms in total. The summed E-state index contributed by atoms with van der Waals surface area (Å²) in [5.41, 5.74) is -1.53. The molecule has 122 valence electrons. The van der Waals surface area contributed by atoms with E-state index in [9.17, 15) is 33.8 Å². The predicted molar refractivity (Wildman–Crippen MR) is 76.4 cm³/mol. The first kappa shape index (κ1) is 20.3. The van der Waals surface area contributed by atoms with Gasteiger partial charge in [0.1, 0.15) is 0 Å². The minimum absolute atomic E-state index is 0.0578. The first-order valence-electron chi connectivity index (χ1n) is 6.71. The van der Waals surface area contributed by atoms with Crippen molar-refractivity contribution in [2.24, 2.45) is 5.92 Å². The van der Waals surface area contributed by atoms with Crippen molar-refractivity contribution < 1.29 is 33.8 Å². The fourth-order valence-corrected chi connectivity index (χ4v) is 6.95. The molecule has 5 N–H and O–H groups in total. The van der Waals surface area contributed by atoms with Gasteiger partial charge < -0.3 is 24.7 Å². The molecule has 0 aliphatic rings. The smallest absolute Gasteiger partial charge is 0.344 e. The summed E-state index contributed by atoms with van der Waals surface area (Å²) < 4.78 is 23.8. The number of aliphatic hydroxyl groups is 1. The molecular formula is C11H26O7P2. The van der Waals surface area contributed by atoms with Crippen LogP contribution < -0.4 is 0 Å². The van der Waals surface area contributed by atoms with E-state index in [-0.39, 0.29) is 19.3 Å². The highest BCUT2D eigenvalue weighted by atomic mass is 31.2. The van der Waals surface area contributed by atoms with Gasteiger partial charge in [-0.2, -0.15) is 0 Å². The van der Waals surface area contributed by atoms with E-state index in [1.54, 1.807) is 20.8 Å². The molecule has 0 saturated heterocycles. The molecule has 20 heavy (non-hydrogen) atoms. The minimum atomic E-state index is -5.15. The van der Waals surface area contributed by atoms with Crippen molar-refractivity contribution in [2.75, 3.05) is 0 Å². The lowest BCUT2D eigenvalue weighted by atomic mass is 9.78. The Bertz CT molecular complexity index is 385. The van der Waals surface area contributed by atoms with Crippen LogP contribution in [-0.2, 0) is 9.13 Å².